The van der Waals surface area contributed by atoms with Crippen LogP contribution in [-0.2, 0) is 0 Å². The van der Waals surface area contributed by atoms with Crippen molar-refractivity contribution < 1.29 is 4.79 Å². The lowest BCUT2D eigenvalue weighted by atomic mass is 9.96. The molecule has 1 atom stereocenters. The third-order valence-electron chi connectivity index (χ3n) is 4.39. The predicted molar refractivity (Wildman–Crippen MR) is 97.0 cm³/mol. The van der Waals surface area contributed by atoms with E-state index in [1.807, 2.05) is 60.7 Å². The Balaban J connectivity index is 1.96. The fraction of sp³-hybridized carbons (Fsp3) is 0.190. The summed E-state index contributed by atoms with van der Waals surface area (Å²) in [4.78, 5) is 12.8. The first-order valence-corrected chi connectivity index (χ1v) is 8.08. The van der Waals surface area contributed by atoms with Crippen LogP contribution in [0.15, 0.2) is 66.7 Å². The van der Waals surface area contributed by atoms with Gasteiger partial charge in [-0.15, -0.1) is 0 Å². The molecular formula is C21H21NO. The predicted octanol–water partition coefficient (Wildman–Crippen LogP) is 5.61. The van der Waals surface area contributed by atoms with Crippen LogP contribution in [0.25, 0.3) is 10.8 Å². The molecule has 3 rings (SSSR count). The molecule has 0 aliphatic carbocycles. The molecule has 0 fully saturated rings. The van der Waals surface area contributed by atoms with Gasteiger partial charge in [0, 0.05) is 11.3 Å². The number of nitrogens with one attached hydrogen (secondary N) is 1. The molecule has 2 nitrogen and oxygen atoms in total. The number of fused-ring (bicyclic) bond motifs is 1. The zero-order valence-corrected chi connectivity index (χ0v) is 13.5. The Morgan fingerprint density at radius 3 is 2.48 bits per heavy atom. The smallest absolute Gasteiger partial charge is 0.256 e. The standard InChI is InChI=1S/C21H21NO/c1-3-15(2)17-11-6-7-14-20(17)22-21(23)19-13-8-10-16-9-4-5-12-18(16)19/h4-15H,3H2,1-2H3,(H,22,23)/t15-/m0/s1. The molecule has 2 heteroatoms. The number of rotatable bonds is 4. The van der Waals surface area contributed by atoms with Gasteiger partial charge in [0.2, 0.25) is 0 Å². The summed E-state index contributed by atoms with van der Waals surface area (Å²) < 4.78 is 0. The van der Waals surface area contributed by atoms with Crippen molar-refractivity contribution in [1.29, 1.82) is 0 Å². The van der Waals surface area contributed by atoms with E-state index in [0.29, 0.717) is 11.5 Å². The van der Waals surface area contributed by atoms with Crippen molar-refractivity contribution >= 4 is 22.4 Å². The van der Waals surface area contributed by atoms with Gasteiger partial charge in [0.15, 0.2) is 0 Å². The van der Waals surface area contributed by atoms with Crippen LogP contribution in [0.2, 0.25) is 0 Å². The Morgan fingerprint density at radius 2 is 1.65 bits per heavy atom. The summed E-state index contributed by atoms with van der Waals surface area (Å²) >= 11 is 0. The maximum Gasteiger partial charge on any atom is 0.256 e. The van der Waals surface area contributed by atoms with E-state index in [0.717, 1.165) is 22.9 Å². The normalized spacial score (nSPS) is 12.1. The second-order valence-electron chi connectivity index (χ2n) is 5.88. The molecule has 0 aliphatic heterocycles. The molecule has 0 radical (unpaired) electrons. The maximum absolute atomic E-state index is 12.8. The molecule has 0 saturated carbocycles. The third-order valence-corrected chi connectivity index (χ3v) is 4.39. The minimum atomic E-state index is -0.0578. The zero-order valence-electron chi connectivity index (χ0n) is 13.5. The summed E-state index contributed by atoms with van der Waals surface area (Å²) in [6.45, 7) is 4.34. The van der Waals surface area contributed by atoms with Crippen LogP contribution < -0.4 is 5.32 Å². The SMILES string of the molecule is CC[C@H](C)c1ccccc1NC(=O)c1cccc2ccccc12. The van der Waals surface area contributed by atoms with Gasteiger partial charge in [-0.25, -0.2) is 0 Å². The number of hydrogen-bond donors (Lipinski definition) is 1. The van der Waals surface area contributed by atoms with Crippen molar-refractivity contribution in [3.05, 3.63) is 77.9 Å². The molecule has 0 heterocycles. The second-order valence-corrected chi connectivity index (χ2v) is 5.88. The minimum absolute atomic E-state index is 0.0578. The monoisotopic (exact) mass is 303 g/mol. The van der Waals surface area contributed by atoms with Crippen LogP contribution in [0.5, 0.6) is 0 Å². The molecule has 0 bridgehead atoms. The second kappa shape index (κ2) is 6.66. The van der Waals surface area contributed by atoms with Crippen molar-refractivity contribution in [3.8, 4) is 0 Å². The molecule has 116 valence electrons. The molecule has 3 aromatic rings. The Morgan fingerprint density at radius 1 is 0.957 bits per heavy atom. The van der Waals surface area contributed by atoms with Gasteiger partial charge in [-0.3, -0.25) is 4.79 Å². The molecule has 0 aromatic heterocycles. The van der Waals surface area contributed by atoms with Crippen molar-refractivity contribution in [2.24, 2.45) is 0 Å². The molecule has 1 N–H and O–H groups in total. The van der Waals surface area contributed by atoms with Crippen molar-refractivity contribution in [2.75, 3.05) is 5.32 Å². The van der Waals surface area contributed by atoms with Gasteiger partial charge in [-0.1, -0.05) is 68.4 Å². The summed E-state index contributed by atoms with van der Waals surface area (Å²) in [5.74, 6) is 0.358. The van der Waals surface area contributed by atoms with E-state index < -0.39 is 0 Å². The number of hydrogen-bond acceptors (Lipinski definition) is 1. The quantitative estimate of drug-likeness (QED) is 0.667. The highest BCUT2D eigenvalue weighted by Gasteiger charge is 2.14. The molecular weight excluding hydrogens is 282 g/mol. The van der Waals surface area contributed by atoms with E-state index in [-0.39, 0.29) is 5.91 Å². The number of anilines is 1. The van der Waals surface area contributed by atoms with Crippen LogP contribution in [0.1, 0.15) is 42.1 Å². The average molecular weight is 303 g/mol. The van der Waals surface area contributed by atoms with Gasteiger partial charge in [-0.2, -0.15) is 0 Å². The van der Waals surface area contributed by atoms with E-state index in [1.165, 1.54) is 5.56 Å². The lowest BCUT2D eigenvalue weighted by molar-refractivity contribution is 0.102. The first-order chi connectivity index (χ1) is 11.2. The lowest BCUT2D eigenvalue weighted by Crippen LogP contribution is -2.14. The molecule has 0 unspecified atom stereocenters. The van der Waals surface area contributed by atoms with Crippen LogP contribution >= 0.6 is 0 Å². The van der Waals surface area contributed by atoms with E-state index in [9.17, 15) is 4.79 Å². The molecule has 0 aliphatic rings. The van der Waals surface area contributed by atoms with E-state index in [1.54, 1.807) is 0 Å². The zero-order chi connectivity index (χ0) is 16.2. The van der Waals surface area contributed by atoms with Crippen LogP contribution in [0, 0.1) is 0 Å². The first-order valence-electron chi connectivity index (χ1n) is 8.08. The van der Waals surface area contributed by atoms with Gasteiger partial charge in [0.05, 0.1) is 0 Å². The van der Waals surface area contributed by atoms with Crippen LogP contribution in [-0.4, -0.2) is 5.91 Å². The Bertz CT molecular complexity index is 833. The summed E-state index contributed by atoms with van der Waals surface area (Å²) in [6, 6.07) is 21.9. The van der Waals surface area contributed by atoms with E-state index in [2.05, 4.69) is 25.2 Å². The number of amides is 1. The highest BCUT2D eigenvalue weighted by molar-refractivity contribution is 6.13. The first kappa shape index (κ1) is 15.3. The molecule has 3 aromatic carbocycles. The maximum atomic E-state index is 12.8. The van der Waals surface area contributed by atoms with Gasteiger partial charge >= 0.3 is 0 Å². The van der Waals surface area contributed by atoms with Gasteiger partial charge < -0.3 is 5.32 Å². The number of benzene rings is 3. The van der Waals surface area contributed by atoms with Crippen molar-refractivity contribution in [2.45, 2.75) is 26.2 Å². The van der Waals surface area contributed by atoms with E-state index in [4.69, 9.17) is 0 Å². The third kappa shape index (κ3) is 3.11. The topological polar surface area (TPSA) is 29.1 Å². The molecule has 1 amide bonds. The molecule has 0 saturated heterocycles. The Kier molecular flexibility index (Phi) is 4.42. The van der Waals surface area contributed by atoms with E-state index >= 15 is 0 Å². The van der Waals surface area contributed by atoms with Crippen LogP contribution in [0.4, 0.5) is 5.69 Å². The average Bonchev–Trinajstić information content (AvgIpc) is 2.61. The Labute approximate surface area is 137 Å². The summed E-state index contributed by atoms with van der Waals surface area (Å²) in [5.41, 5.74) is 2.80. The van der Waals surface area contributed by atoms with Crippen molar-refractivity contribution in [3.63, 3.8) is 0 Å². The molecule has 23 heavy (non-hydrogen) atoms. The van der Waals surface area contributed by atoms with Gasteiger partial charge in [0.25, 0.3) is 5.91 Å². The van der Waals surface area contributed by atoms with Gasteiger partial charge in [0.1, 0.15) is 0 Å². The molecule has 0 spiro atoms. The summed E-state index contributed by atoms with van der Waals surface area (Å²) in [5, 5.41) is 5.15. The lowest BCUT2D eigenvalue weighted by Gasteiger charge is -2.16. The highest BCUT2D eigenvalue weighted by Crippen LogP contribution is 2.27. The number of para-hydroxylation sites is 1. The van der Waals surface area contributed by atoms with Crippen LogP contribution in [0.3, 0.4) is 0 Å². The Hall–Kier alpha value is -2.61. The largest absolute Gasteiger partial charge is 0.322 e. The van der Waals surface area contributed by atoms with Gasteiger partial charge in [-0.05, 0) is 40.8 Å². The minimum Gasteiger partial charge on any atom is -0.322 e. The summed E-state index contributed by atoms with van der Waals surface area (Å²) in [7, 11) is 0. The van der Waals surface area contributed by atoms with Crippen molar-refractivity contribution in [1.82, 2.24) is 0 Å². The highest BCUT2D eigenvalue weighted by atomic mass is 16.1. The summed E-state index contributed by atoms with van der Waals surface area (Å²) in [6.07, 6.45) is 1.04. The fourth-order valence-corrected chi connectivity index (χ4v) is 2.87. The number of carbonyl (C=O) groups is 1. The fourth-order valence-electron chi connectivity index (χ4n) is 2.87. The number of carbonyl (C=O) groups excluding carboxylic acids is 1.